The molecule has 0 bridgehead atoms. The molecule has 0 aromatic carbocycles. The molecule has 0 aromatic rings. The van der Waals surface area contributed by atoms with Gasteiger partial charge in [-0.3, -0.25) is 0 Å². The monoisotopic (exact) mass is 92.0 g/mol. The van der Waals surface area contributed by atoms with Crippen LogP contribution in [0.3, 0.4) is 0 Å². The highest BCUT2D eigenvalue weighted by molar-refractivity contribution is 6.99. The summed E-state index contributed by atoms with van der Waals surface area (Å²) < 4.78 is 13.3. The Bertz CT molecular complexity index is 48.9. The van der Waals surface area contributed by atoms with E-state index in [4.69, 9.17) is 7.74 Å². The van der Waals surface area contributed by atoms with Gasteiger partial charge in [-0.05, 0) is 0 Å². The van der Waals surface area contributed by atoms with Crippen LogP contribution in [0.1, 0.15) is 0 Å². The van der Waals surface area contributed by atoms with Crippen LogP contribution in [0.4, 0.5) is 0 Å². The molecule has 0 N–H and O–H groups in total. The van der Waals surface area contributed by atoms with Gasteiger partial charge < -0.3 is 13.7 Å². The van der Waals surface area contributed by atoms with E-state index in [2.05, 4.69) is 13.7 Å². The van der Waals surface area contributed by atoms with E-state index < -0.39 is 7.01 Å². The molecule has 1 heterocycles. The van der Waals surface area contributed by atoms with Gasteiger partial charge in [0.2, 0.25) is 0 Å². The third-order valence-corrected chi connectivity index (χ3v) is 0.490. The molecular weight excluding hydrogens is 91.2 g/mol. The fraction of sp³-hybridized carbons (Fsp3) is 0. The molecule has 4 radical (unpaired) electrons. The van der Waals surface area contributed by atoms with E-state index in [0.29, 0.717) is 0 Å². The standard InChI is InChI=1S/B4O3/c1-4-6-2-5-3-7-4. The molecule has 7 heavy (non-hydrogen) atoms. The molecule has 30 valence electrons. The third kappa shape index (κ3) is 1.59. The van der Waals surface area contributed by atoms with Crippen molar-refractivity contribution in [1.29, 1.82) is 0 Å². The van der Waals surface area contributed by atoms with Crippen LogP contribution in [-0.4, -0.2) is 30.1 Å². The van der Waals surface area contributed by atoms with Crippen LogP contribution in [0.5, 0.6) is 0 Å². The second-order valence-electron chi connectivity index (χ2n) is 0.969. The summed E-state index contributed by atoms with van der Waals surface area (Å²) in [5.41, 5.74) is 0. The maximum absolute atomic E-state index is 5.05. The summed E-state index contributed by atoms with van der Waals surface area (Å²) in [5, 5.41) is 0. The molecule has 0 amide bonds. The Kier molecular flexibility index (Phi) is 1.85. The average molecular weight is 91.2 g/mol. The van der Waals surface area contributed by atoms with Gasteiger partial charge in [-0.1, -0.05) is 0 Å². The summed E-state index contributed by atoms with van der Waals surface area (Å²) >= 11 is 0. The zero-order chi connectivity index (χ0) is 5.11. The molecule has 1 rings (SSSR count). The predicted octanol–water partition coefficient (Wildman–Crippen LogP) is -1.73. The molecular formula is B4O3. The van der Waals surface area contributed by atoms with Crippen LogP contribution in [0, 0.1) is 0 Å². The molecule has 0 aromatic heterocycles. The lowest BCUT2D eigenvalue weighted by Gasteiger charge is -2.14. The maximum atomic E-state index is 5.05. The van der Waals surface area contributed by atoms with Gasteiger partial charge >= 0.3 is 22.4 Å². The van der Waals surface area contributed by atoms with Gasteiger partial charge in [0.15, 0.2) is 0 Å². The highest BCUT2D eigenvalue weighted by atomic mass is 16.7. The summed E-state index contributed by atoms with van der Waals surface area (Å²) in [6.45, 7) is 0. The minimum Gasteiger partial charge on any atom is -0.462 e. The van der Waals surface area contributed by atoms with E-state index in [1.165, 1.54) is 0 Å². The third-order valence-electron chi connectivity index (χ3n) is 0.490. The van der Waals surface area contributed by atoms with Crippen molar-refractivity contribution in [3.8, 4) is 0 Å². The highest BCUT2D eigenvalue weighted by Crippen LogP contribution is 1.87. The van der Waals surface area contributed by atoms with E-state index in [0.717, 1.165) is 15.4 Å². The molecule has 1 saturated heterocycles. The second-order valence-corrected chi connectivity index (χ2v) is 0.969. The van der Waals surface area contributed by atoms with Crippen molar-refractivity contribution in [2.24, 2.45) is 0 Å². The van der Waals surface area contributed by atoms with Crippen molar-refractivity contribution < 1.29 is 13.7 Å². The van der Waals surface area contributed by atoms with Crippen LogP contribution in [-0.2, 0) is 13.7 Å². The fourth-order valence-electron chi connectivity index (χ4n) is 0.228. The minimum atomic E-state index is -0.700. The Labute approximate surface area is 44.9 Å². The molecule has 0 atom stereocenters. The Hall–Kier alpha value is 0.140. The number of hydrogen-bond acceptors (Lipinski definition) is 3. The zero-order valence-corrected chi connectivity index (χ0v) is 3.53. The summed E-state index contributed by atoms with van der Waals surface area (Å²) in [6.07, 6.45) is 0. The Morgan fingerprint density at radius 1 is 1.29 bits per heavy atom. The van der Waals surface area contributed by atoms with Crippen molar-refractivity contribution >= 4 is 30.1 Å². The van der Waals surface area contributed by atoms with Crippen molar-refractivity contribution in [3.63, 3.8) is 0 Å². The first-order valence-electron chi connectivity index (χ1n) is 1.75. The fourth-order valence-corrected chi connectivity index (χ4v) is 0.228. The van der Waals surface area contributed by atoms with Crippen LogP contribution in [0.2, 0.25) is 0 Å². The quantitative estimate of drug-likeness (QED) is 0.332. The van der Waals surface area contributed by atoms with Gasteiger partial charge in [0.25, 0.3) is 0 Å². The Balaban J connectivity index is 2.12. The molecule has 3 nitrogen and oxygen atoms in total. The minimum absolute atomic E-state index is 0.700. The lowest BCUT2D eigenvalue weighted by atomic mass is 9.61. The van der Waals surface area contributed by atoms with E-state index in [-0.39, 0.29) is 0 Å². The average Bonchev–Trinajstić information content (AvgIpc) is 1.69. The first-order valence-corrected chi connectivity index (χ1v) is 1.75. The SMILES string of the molecule is [B]B1O[B]O[B]O1. The van der Waals surface area contributed by atoms with E-state index in [1.807, 2.05) is 0 Å². The van der Waals surface area contributed by atoms with Gasteiger partial charge in [0.05, 0.1) is 0 Å². The normalized spacial score (nSPS) is 20.3. The van der Waals surface area contributed by atoms with Crippen LogP contribution in [0.15, 0.2) is 0 Å². The molecule has 1 fully saturated rings. The molecule has 0 unspecified atom stereocenters. The molecule has 0 saturated carbocycles. The summed E-state index contributed by atoms with van der Waals surface area (Å²) in [6, 6.07) is 0. The van der Waals surface area contributed by atoms with E-state index >= 15 is 0 Å². The number of rotatable bonds is 0. The lowest BCUT2D eigenvalue weighted by molar-refractivity contribution is 0.339. The molecule has 7 heteroatoms. The van der Waals surface area contributed by atoms with Gasteiger partial charge in [0, 0.05) is 0 Å². The van der Waals surface area contributed by atoms with Crippen LogP contribution in [0.25, 0.3) is 0 Å². The van der Waals surface area contributed by atoms with E-state index in [9.17, 15) is 0 Å². The zero-order valence-electron chi connectivity index (χ0n) is 3.53. The number of hydrogen-bond donors (Lipinski definition) is 0. The topological polar surface area (TPSA) is 27.7 Å². The molecule has 0 spiro atoms. The Morgan fingerprint density at radius 2 is 1.86 bits per heavy atom. The molecule has 1 aliphatic heterocycles. The van der Waals surface area contributed by atoms with Crippen LogP contribution < -0.4 is 0 Å². The van der Waals surface area contributed by atoms with Crippen molar-refractivity contribution in [2.75, 3.05) is 0 Å². The van der Waals surface area contributed by atoms with E-state index in [1.54, 1.807) is 0 Å². The predicted molar refractivity (Wildman–Crippen MR) is 26.3 cm³/mol. The van der Waals surface area contributed by atoms with Crippen LogP contribution >= 0.6 is 0 Å². The van der Waals surface area contributed by atoms with Gasteiger partial charge in [-0.25, -0.2) is 0 Å². The van der Waals surface area contributed by atoms with Gasteiger partial charge in [0.1, 0.15) is 7.74 Å². The summed E-state index contributed by atoms with van der Waals surface area (Å²) in [5.74, 6) is 0. The summed E-state index contributed by atoms with van der Waals surface area (Å²) in [4.78, 5) is 0. The smallest absolute Gasteiger partial charge is 0.457 e. The molecule has 1 aliphatic rings. The van der Waals surface area contributed by atoms with Crippen molar-refractivity contribution in [2.45, 2.75) is 0 Å². The van der Waals surface area contributed by atoms with Gasteiger partial charge in [-0.2, -0.15) is 0 Å². The summed E-state index contributed by atoms with van der Waals surface area (Å²) in [7, 11) is 6.56. The van der Waals surface area contributed by atoms with Crippen molar-refractivity contribution in [3.05, 3.63) is 0 Å². The Morgan fingerprint density at radius 3 is 2.14 bits per heavy atom. The van der Waals surface area contributed by atoms with Gasteiger partial charge in [-0.15, -0.1) is 0 Å². The largest absolute Gasteiger partial charge is 0.462 e. The first kappa shape index (κ1) is 5.28. The first-order chi connectivity index (χ1) is 3.39. The highest BCUT2D eigenvalue weighted by Gasteiger charge is 2.15. The lowest BCUT2D eigenvalue weighted by Crippen LogP contribution is -2.35. The second kappa shape index (κ2) is 2.45. The maximum Gasteiger partial charge on any atom is 0.457 e. The molecule has 0 aliphatic carbocycles. The van der Waals surface area contributed by atoms with Crippen molar-refractivity contribution in [1.82, 2.24) is 0 Å².